The van der Waals surface area contributed by atoms with Crippen molar-refractivity contribution in [3.05, 3.63) is 35.4 Å². The third-order valence-corrected chi connectivity index (χ3v) is 3.57. The molecule has 1 aromatic rings. The first-order chi connectivity index (χ1) is 9.54. The number of carbonyl (C=O) groups is 1. The number of hydrogen-bond acceptors (Lipinski definition) is 1. The van der Waals surface area contributed by atoms with Gasteiger partial charge < -0.3 is 4.90 Å². The van der Waals surface area contributed by atoms with Crippen LogP contribution in [0, 0.1) is 11.6 Å². The average Bonchev–Trinajstić information content (AvgIpc) is 2.44. The van der Waals surface area contributed by atoms with Gasteiger partial charge in [0.2, 0.25) is 5.91 Å². The molecule has 0 N–H and O–H groups in total. The van der Waals surface area contributed by atoms with Gasteiger partial charge in [-0.25, -0.2) is 8.78 Å². The number of amides is 1. The van der Waals surface area contributed by atoms with E-state index in [0.29, 0.717) is 12.4 Å². The molecule has 1 amide bonds. The Labute approximate surface area is 123 Å². The third-order valence-electron chi connectivity index (χ3n) is 3.40. The standard InChI is InChI=1S/C15H20ClF2NO/c1-3-12(4-2)19(9-8-16)14(20)10-11-6-5-7-13(17)15(11)18/h5-7,12H,3-4,8-10H2,1-2H3. The Morgan fingerprint density at radius 1 is 1.30 bits per heavy atom. The van der Waals surface area contributed by atoms with E-state index in [4.69, 9.17) is 11.6 Å². The molecule has 0 aliphatic heterocycles. The average molecular weight is 304 g/mol. The molecule has 0 fully saturated rings. The van der Waals surface area contributed by atoms with E-state index in [2.05, 4.69) is 0 Å². The van der Waals surface area contributed by atoms with Crippen LogP contribution in [0.3, 0.4) is 0 Å². The first kappa shape index (κ1) is 16.9. The van der Waals surface area contributed by atoms with Gasteiger partial charge in [0.25, 0.3) is 0 Å². The predicted octanol–water partition coefficient (Wildman–Crippen LogP) is 3.76. The second-order valence-electron chi connectivity index (χ2n) is 4.64. The molecule has 0 radical (unpaired) electrons. The molecule has 0 saturated heterocycles. The minimum absolute atomic E-state index is 0.0814. The second-order valence-corrected chi connectivity index (χ2v) is 5.01. The fourth-order valence-corrected chi connectivity index (χ4v) is 2.46. The topological polar surface area (TPSA) is 20.3 Å². The molecule has 0 heterocycles. The van der Waals surface area contributed by atoms with Gasteiger partial charge in [0.05, 0.1) is 6.42 Å². The summed E-state index contributed by atoms with van der Waals surface area (Å²) in [6, 6.07) is 3.96. The molecule has 0 spiro atoms. The van der Waals surface area contributed by atoms with Crippen LogP contribution >= 0.6 is 11.6 Å². The molecule has 1 aromatic carbocycles. The zero-order chi connectivity index (χ0) is 15.1. The highest BCUT2D eigenvalue weighted by Gasteiger charge is 2.22. The first-order valence-corrected chi connectivity index (χ1v) is 7.36. The van der Waals surface area contributed by atoms with Crippen molar-refractivity contribution in [2.24, 2.45) is 0 Å². The lowest BCUT2D eigenvalue weighted by molar-refractivity contribution is -0.132. The molecule has 1 rings (SSSR count). The largest absolute Gasteiger partial charge is 0.338 e. The van der Waals surface area contributed by atoms with Gasteiger partial charge in [-0.1, -0.05) is 26.0 Å². The van der Waals surface area contributed by atoms with Crippen LogP contribution in [0.15, 0.2) is 18.2 Å². The van der Waals surface area contributed by atoms with E-state index in [9.17, 15) is 13.6 Å². The Morgan fingerprint density at radius 2 is 1.95 bits per heavy atom. The predicted molar refractivity (Wildman–Crippen MR) is 76.9 cm³/mol. The van der Waals surface area contributed by atoms with Crippen LogP contribution in [0.25, 0.3) is 0 Å². The van der Waals surface area contributed by atoms with Crippen molar-refractivity contribution in [2.75, 3.05) is 12.4 Å². The second kappa shape index (κ2) is 8.20. The van der Waals surface area contributed by atoms with Crippen LogP contribution in [0.2, 0.25) is 0 Å². The Bertz CT molecular complexity index is 449. The molecule has 0 aliphatic rings. The maximum Gasteiger partial charge on any atom is 0.227 e. The Morgan fingerprint density at radius 3 is 2.50 bits per heavy atom. The fourth-order valence-electron chi connectivity index (χ4n) is 2.28. The minimum atomic E-state index is -0.948. The highest BCUT2D eigenvalue weighted by atomic mass is 35.5. The summed E-state index contributed by atoms with van der Waals surface area (Å²) in [6.45, 7) is 4.40. The molecule has 0 aliphatic carbocycles. The first-order valence-electron chi connectivity index (χ1n) is 6.83. The maximum absolute atomic E-state index is 13.6. The van der Waals surface area contributed by atoms with Crippen LogP contribution in [0.4, 0.5) is 8.78 Å². The fraction of sp³-hybridized carbons (Fsp3) is 0.533. The van der Waals surface area contributed by atoms with Crippen LogP contribution in [-0.4, -0.2) is 29.3 Å². The van der Waals surface area contributed by atoms with Crippen molar-refractivity contribution < 1.29 is 13.6 Å². The molecule has 5 heteroatoms. The summed E-state index contributed by atoms with van der Waals surface area (Å²) in [6.07, 6.45) is 1.48. The SMILES string of the molecule is CCC(CC)N(CCCl)C(=O)Cc1cccc(F)c1F. The Kier molecular flexibility index (Phi) is 6.93. The van der Waals surface area contributed by atoms with Crippen LogP contribution in [0.1, 0.15) is 32.3 Å². The summed E-state index contributed by atoms with van der Waals surface area (Å²) in [4.78, 5) is 14.0. The highest BCUT2D eigenvalue weighted by molar-refractivity contribution is 6.18. The monoisotopic (exact) mass is 303 g/mol. The number of carbonyl (C=O) groups excluding carboxylic acids is 1. The molecule has 0 saturated carbocycles. The van der Waals surface area contributed by atoms with Gasteiger partial charge in [-0.05, 0) is 18.9 Å². The number of benzene rings is 1. The van der Waals surface area contributed by atoms with E-state index in [1.807, 2.05) is 13.8 Å². The van der Waals surface area contributed by atoms with E-state index in [0.717, 1.165) is 18.9 Å². The number of alkyl halides is 1. The van der Waals surface area contributed by atoms with E-state index in [1.165, 1.54) is 12.1 Å². The summed E-state index contributed by atoms with van der Waals surface area (Å²) in [5.74, 6) is -1.77. The Hall–Kier alpha value is -1.16. The number of halogens is 3. The van der Waals surface area contributed by atoms with Gasteiger partial charge in [0.15, 0.2) is 11.6 Å². The van der Waals surface area contributed by atoms with Gasteiger partial charge in [-0.15, -0.1) is 11.6 Å². The third kappa shape index (κ3) is 4.17. The van der Waals surface area contributed by atoms with Gasteiger partial charge in [-0.2, -0.15) is 0 Å². The molecule has 2 nitrogen and oxygen atoms in total. The summed E-state index contributed by atoms with van der Waals surface area (Å²) in [7, 11) is 0. The minimum Gasteiger partial charge on any atom is -0.338 e. The molecular formula is C15H20ClF2NO. The van der Waals surface area contributed by atoms with Crippen LogP contribution < -0.4 is 0 Å². The van der Waals surface area contributed by atoms with Crippen LogP contribution in [0.5, 0.6) is 0 Å². The summed E-state index contributed by atoms with van der Waals surface area (Å²) in [5, 5.41) is 0. The lowest BCUT2D eigenvalue weighted by Crippen LogP contribution is -2.42. The maximum atomic E-state index is 13.6. The van der Waals surface area contributed by atoms with Gasteiger partial charge >= 0.3 is 0 Å². The molecule has 0 bridgehead atoms. The van der Waals surface area contributed by atoms with Crippen molar-refractivity contribution in [1.29, 1.82) is 0 Å². The summed E-state index contributed by atoms with van der Waals surface area (Å²) < 4.78 is 26.8. The van der Waals surface area contributed by atoms with Crippen molar-refractivity contribution in [1.82, 2.24) is 4.90 Å². The van der Waals surface area contributed by atoms with Gasteiger partial charge in [0.1, 0.15) is 0 Å². The number of nitrogens with zero attached hydrogens (tertiary/aromatic N) is 1. The quantitative estimate of drug-likeness (QED) is 0.702. The highest BCUT2D eigenvalue weighted by Crippen LogP contribution is 2.16. The molecule has 0 atom stereocenters. The molecular weight excluding hydrogens is 284 g/mol. The number of rotatable bonds is 7. The molecule has 112 valence electrons. The van der Waals surface area contributed by atoms with E-state index < -0.39 is 11.6 Å². The summed E-state index contributed by atoms with van der Waals surface area (Å²) in [5.41, 5.74) is 0.0838. The lowest BCUT2D eigenvalue weighted by Gasteiger charge is -2.30. The van der Waals surface area contributed by atoms with Crippen molar-refractivity contribution in [2.45, 2.75) is 39.2 Å². The lowest BCUT2D eigenvalue weighted by atomic mass is 10.1. The van der Waals surface area contributed by atoms with Crippen molar-refractivity contribution >= 4 is 17.5 Å². The Balaban J connectivity index is 2.88. The van der Waals surface area contributed by atoms with Crippen LogP contribution in [-0.2, 0) is 11.2 Å². The normalized spacial score (nSPS) is 10.9. The van der Waals surface area contributed by atoms with Gasteiger partial charge in [0, 0.05) is 24.0 Å². The number of hydrogen-bond donors (Lipinski definition) is 0. The smallest absolute Gasteiger partial charge is 0.227 e. The summed E-state index contributed by atoms with van der Waals surface area (Å²) >= 11 is 5.73. The molecule has 0 unspecified atom stereocenters. The van der Waals surface area contributed by atoms with Crippen molar-refractivity contribution in [3.8, 4) is 0 Å². The van der Waals surface area contributed by atoms with E-state index in [1.54, 1.807) is 4.90 Å². The zero-order valence-electron chi connectivity index (χ0n) is 11.8. The zero-order valence-corrected chi connectivity index (χ0v) is 12.6. The molecule has 0 aromatic heterocycles. The van der Waals surface area contributed by atoms with Crippen molar-refractivity contribution in [3.63, 3.8) is 0 Å². The molecule has 20 heavy (non-hydrogen) atoms. The van der Waals surface area contributed by atoms with E-state index >= 15 is 0 Å². The van der Waals surface area contributed by atoms with Gasteiger partial charge in [-0.3, -0.25) is 4.79 Å². The van der Waals surface area contributed by atoms with E-state index in [-0.39, 0.29) is 23.9 Å².